The van der Waals surface area contributed by atoms with Crippen LogP contribution in [0.25, 0.3) is 0 Å². The first-order valence-corrected chi connectivity index (χ1v) is 9.04. The summed E-state index contributed by atoms with van der Waals surface area (Å²) in [6.45, 7) is 4.01. The first-order valence-electron chi connectivity index (χ1n) is 8.66. The Bertz CT molecular complexity index is 906. The van der Waals surface area contributed by atoms with Crippen LogP contribution in [-0.4, -0.2) is 29.9 Å². The molecule has 142 valence electrons. The molecule has 0 unspecified atom stereocenters. The van der Waals surface area contributed by atoms with Gasteiger partial charge in [0.25, 0.3) is 0 Å². The quantitative estimate of drug-likeness (QED) is 0.836. The highest BCUT2D eigenvalue weighted by Crippen LogP contribution is 2.50. The zero-order valence-electron chi connectivity index (χ0n) is 15.8. The molecular weight excluding hydrogens is 367 g/mol. The molecule has 0 amide bonds. The van der Waals surface area contributed by atoms with Gasteiger partial charge in [-0.3, -0.25) is 9.80 Å². The van der Waals surface area contributed by atoms with E-state index in [-0.39, 0.29) is 33.2 Å². The van der Waals surface area contributed by atoms with Gasteiger partial charge in [-0.05, 0) is 24.0 Å². The number of rotatable bonds is 2. The van der Waals surface area contributed by atoms with Crippen molar-refractivity contribution in [3.8, 4) is 6.07 Å². The summed E-state index contributed by atoms with van der Waals surface area (Å²) in [7, 11) is 3.57. The number of Topliss-reactive ketones (excluding diaryl/α,β-unsaturated/α-hetero) is 1. The average Bonchev–Trinajstić information content (AvgIpc) is 2.52. The maximum absolute atomic E-state index is 14.8. The minimum atomic E-state index is -0.904. The molecule has 27 heavy (non-hydrogen) atoms. The van der Waals surface area contributed by atoms with Crippen LogP contribution in [0, 0.1) is 22.6 Å². The second-order valence-corrected chi connectivity index (χ2v) is 8.35. The van der Waals surface area contributed by atoms with E-state index in [0.29, 0.717) is 24.1 Å². The Labute approximate surface area is 163 Å². The monoisotopic (exact) mass is 388 g/mol. The number of benzene rings is 1. The third kappa shape index (κ3) is 3.11. The number of ketones is 1. The third-order valence-electron chi connectivity index (χ3n) is 5.04. The van der Waals surface area contributed by atoms with Crippen molar-refractivity contribution >= 4 is 17.4 Å². The largest absolute Gasteiger partial charge is 0.383 e. The molecule has 1 atom stereocenters. The summed E-state index contributed by atoms with van der Waals surface area (Å²) in [4.78, 5) is 13.1. The van der Waals surface area contributed by atoms with Crippen LogP contribution in [0.1, 0.15) is 38.2 Å². The molecule has 0 radical (unpaired) electrons. The molecule has 0 spiro atoms. The van der Waals surface area contributed by atoms with Gasteiger partial charge in [-0.1, -0.05) is 31.5 Å². The second-order valence-electron chi connectivity index (χ2n) is 7.94. The van der Waals surface area contributed by atoms with E-state index in [1.165, 1.54) is 12.1 Å². The van der Waals surface area contributed by atoms with Crippen molar-refractivity contribution < 1.29 is 9.18 Å². The highest BCUT2D eigenvalue weighted by Gasteiger charge is 2.46. The smallest absolute Gasteiger partial charge is 0.162 e. The first kappa shape index (κ1) is 19.4. The maximum atomic E-state index is 14.8. The van der Waals surface area contributed by atoms with Gasteiger partial charge < -0.3 is 5.73 Å². The topological polar surface area (TPSA) is 73.4 Å². The number of nitrogens with zero attached hydrogens (tertiary/aromatic N) is 3. The molecule has 0 bridgehead atoms. The number of hydrogen-bond acceptors (Lipinski definition) is 5. The SMILES string of the molecule is CN(C)N1C(N)=C(C#N)[C@H](c2c(F)cccc2Cl)C2=C1CC(C)(C)CC2=O. The summed E-state index contributed by atoms with van der Waals surface area (Å²) in [6.07, 6.45) is 0.891. The second kappa shape index (κ2) is 6.66. The van der Waals surface area contributed by atoms with Crippen molar-refractivity contribution in [2.24, 2.45) is 11.1 Å². The van der Waals surface area contributed by atoms with E-state index in [1.54, 1.807) is 30.2 Å². The van der Waals surface area contributed by atoms with E-state index in [1.807, 2.05) is 13.8 Å². The normalized spacial score (nSPS) is 22.2. The highest BCUT2D eigenvalue weighted by atomic mass is 35.5. The van der Waals surface area contributed by atoms with Gasteiger partial charge in [0, 0.05) is 42.4 Å². The first-order chi connectivity index (χ1) is 12.6. The molecule has 0 saturated carbocycles. The van der Waals surface area contributed by atoms with Gasteiger partial charge in [-0.2, -0.15) is 5.26 Å². The Balaban J connectivity index is 2.36. The van der Waals surface area contributed by atoms with E-state index < -0.39 is 11.7 Å². The zero-order valence-corrected chi connectivity index (χ0v) is 16.6. The number of allylic oxidation sites excluding steroid dienone is 3. The molecule has 0 aromatic heterocycles. The number of nitriles is 1. The van der Waals surface area contributed by atoms with Gasteiger partial charge in [0.2, 0.25) is 0 Å². The number of hydrogen-bond donors (Lipinski definition) is 1. The van der Waals surface area contributed by atoms with E-state index in [0.717, 1.165) is 0 Å². The molecular formula is C20H22ClFN4O. The maximum Gasteiger partial charge on any atom is 0.162 e. The van der Waals surface area contributed by atoms with Crippen molar-refractivity contribution in [2.75, 3.05) is 14.1 Å². The number of nitrogens with two attached hydrogens (primary N) is 1. The lowest BCUT2D eigenvalue weighted by molar-refractivity contribution is -0.119. The predicted molar refractivity (Wildman–Crippen MR) is 102 cm³/mol. The molecule has 1 aliphatic heterocycles. The summed E-state index contributed by atoms with van der Waals surface area (Å²) in [5, 5.41) is 13.4. The lowest BCUT2D eigenvalue weighted by Crippen LogP contribution is -2.47. The predicted octanol–water partition coefficient (Wildman–Crippen LogP) is 3.69. The molecule has 5 nitrogen and oxygen atoms in total. The molecule has 2 aliphatic rings. The minimum absolute atomic E-state index is 0.113. The van der Waals surface area contributed by atoms with Gasteiger partial charge in [0.05, 0.1) is 17.6 Å². The van der Waals surface area contributed by atoms with Crippen molar-refractivity contribution in [2.45, 2.75) is 32.6 Å². The summed E-state index contributed by atoms with van der Waals surface area (Å²) in [5.41, 5.74) is 7.42. The van der Waals surface area contributed by atoms with Crippen LogP contribution in [0.4, 0.5) is 4.39 Å². The van der Waals surface area contributed by atoms with Gasteiger partial charge in [-0.25, -0.2) is 9.40 Å². The Kier molecular flexibility index (Phi) is 4.79. The van der Waals surface area contributed by atoms with Gasteiger partial charge in [0.15, 0.2) is 5.78 Å². The molecule has 1 heterocycles. The lowest BCUT2D eigenvalue weighted by atomic mass is 9.69. The molecule has 0 fully saturated rings. The Morgan fingerprint density at radius 3 is 2.59 bits per heavy atom. The van der Waals surface area contributed by atoms with Gasteiger partial charge >= 0.3 is 0 Å². The molecule has 3 rings (SSSR count). The number of carbonyl (C=O) groups is 1. The van der Waals surface area contributed by atoms with E-state index >= 15 is 0 Å². The molecule has 1 aromatic carbocycles. The van der Waals surface area contributed by atoms with Crippen LogP contribution in [0.3, 0.4) is 0 Å². The summed E-state index contributed by atoms with van der Waals surface area (Å²) in [5.74, 6) is -1.39. The molecule has 2 N–H and O–H groups in total. The lowest BCUT2D eigenvalue weighted by Gasteiger charge is -2.45. The number of halogens is 2. The van der Waals surface area contributed by atoms with Crippen LogP contribution in [-0.2, 0) is 4.79 Å². The van der Waals surface area contributed by atoms with E-state index in [4.69, 9.17) is 17.3 Å². The Morgan fingerprint density at radius 1 is 1.37 bits per heavy atom. The summed E-state index contributed by atoms with van der Waals surface area (Å²) < 4.78 is 14.8. The van der Waals surface area contributed by atoms with Crippen LogP contribution in [0.15, 0.2) is 40.9 Å². The van der Waals surface area contributed by atoms with E-state index in [9.17, 15) is 14.4 Å². The van der Waals surface area contributed by atoms with Crippen molar-refractivity contribution in [1.82, 2.24) is 10.0 Å². The van der Waals surface area contributed by atoms with Crippen LogP contribution < -0.4 is 5.73 Å². The summed E-state index contributed by atoms with van der Waals surface area (Å²) >= 11 is 6.30. The summed E-state index contributed by atoms with van der Waals surface area (Å²) in [6, 6.07) is 6.42. The van der Waals surface area contributed by atoms with Crippen molar-refractivity contribution in [3.05, 3.63) is 57.3 Å². The Hall–Kier alpha value is -2.36. The zero-order chi connectivity index (χ0) is 20.1. The van der Waals surface area contributed by atoms with Crippen LogP contribution in [0.5, 0.6) is 0 Å². The highest BCUT2D eigenvalue weighted by molar-refractivity contribution is 6.31. The van der Waals surface area contributed by atoms with Crippen molar-refractivity contribution in [3.63, 3.8) is 0 Å². The van der Waals surface area contributed by atoms with E-state index in [2.05, 4.69) is 6.07 Å². The third-order valence-corrected chi connectivity index (χ3v) is 5.37. The fourth-order valence-corrected chi connectivity index (χ4v) is 4.30. The molecule has 1 aliphatic carbocycles. The van der Waals surface area contributed by atoms with Gasteiger partial charge in [0.1, 0.15) is 11.6 Å². The molecule has 0 saturated heterocycles. The fourth-order valence-electron chi connectivity index (χ4n) is 4.02. The van der Waals surface area contributed by atoms with Crippen LogP contribution >= 0.6 is 11.6 Å². The average molecular weight is 389 g/mol. The standard InChI is InChI=1S/C20H22ClFN4O/c1-20(2)8-14-18(15(27)9-20)16(17-12(21)6-5-7-13(17)22)11(10-23)19(24)26(14)25(3)4/h5-7,16H,8-9,24H2,1-4H3/t16-/m1/s1. The number of hydrazine groups is 1. The minimum Gasteiger partial charge on any atom is -0.383 e. The van der Waals surface area contributed by atoms with Gasteiger partial charge in [-0.15, -0.1) is 0 Å². The Morgan fingerprint density at radius 2 is 2.04 bits per heavy atom. The van der Waals surface area contributed by atoms with Crippen LogP contribution in [0.2, 0.25) is 5.02 Å². The molecule has 1 aromatic rings. The number of carbonyl (C=O) groups excluding carboxylic acids is 1. The van der Waals surface area contributed by atoms with Crippen molar-refractivity contribution in [1.29, 1.82) is 5.26 Å². The molecule has 7 heteroatoms. The fraction of sp³-hybridized carbons (Fsp3) is 0.400.